The molecule has 0 atom stereocenters. The SMILES string of the molecule is Nc1ncc(OC(F)(F)F)cc1C#CSI. The Hall–Kier alpha value is -0.820. The number of pyridine rings is 1. The van der Waals surface area contributed by atoms with E-state index in [1.165, 1.54) is 8.93 Å². The highest BCUT2D eigenvalue weighted by molar-refractivity contribution is 14.2. The molecule has 1 aromatic heterocycles. The van der Waals surface area contributed by atoms with Gasteiger partial charge in [0.15, 0.2) is 0 Å². The van der Waals surface area contributed by atoms with Gasteiger partial charge in [-0.25, -0.2) is 4.98 Å². The average molecular weight is 360 g/mol. The standard InChI is InChI=1S/C8H4F3IN2OS/c9-8(10,11)15-6-3-5(1-2-16-12)7(13)14-4-6/h3-4H,(H2,13,14). The molecule has 0 saturated heterocycles. The fourth-order valence-corrected chi connectivity index (χ4v) is 1.30. The van der Waals surface area contributed by atoms with E-state index in [2.05, 4.69) is 20.9 Å². The van der Waals surface area contributed by atoms with Gasteiger partial charge in [-0.2, -0.15) is 0 Å². The van der Waals surface area contributed by atoms with E-state index in [1.54, 1.807) is 0 Å². The van der Waals surface area contributed by atoms with E-state index in [0.29, 0.717) is 0 Å². The highest BCUT2D eigenvalue weighted by atomic mass is 127. The van der Waals surface area contributed by atoms with Crippen LogP contribution in [-0.4, -0.2) is 11.3 Å². The molecule has 0 bridgehead atoms. The van der Waals surface area contributed by atoms with Crippen LogP contribution >= 0.6 is 30.1 Å². The number of nitrogen functional groups attached to an aromatic ring is 1. The highest BCUT2D eigenvalue weighted by Crippen LogP contribution is 2.24. The number of hydrogen-bond acceptors (Lipinski definition) is 4. The summed E-state index contributed by atoms with van der Waals surface area (Å²) < 4.78 is 39.4. The molecule has 1 aromatic rings. The van der Waals surface area contributed by atoms with E-state index in [0.717, 1.165) is 12.3 Å². The summed E-state index contributed by atoms with van der Waals surface area (Å²) in [5.41, 5.74) is 5.63. The summed E-state index contributed by atoms with van der Waals surface area (Å²) in [4.78, 5) is 3.55. The van der Waals surface area contributed by atoms with Gasteiger partial charge < -0.3 is 10.5 Å². The van der Waals surface area contributed by atoms with Crippen LogP contribution in [0.3, 0.4) is 0 Å². The number of alkyl halides is 3. The molecule has 0 fully saturated rings. The van der Waals surface area contributed by atoms with Gasteiger partial charge in [0.05, 0.1) is 11.8 Å². The molecule has 3 nitrogen and oxygen atoms in total. The molecule has 0 radical (unpaired) electrons. The summed E-state index contributed by atoms with van der Waals surface area (Å²) in [7, 11) is 1.19. The maximum Gasteiger partial charge on any atom is 0.573 e. The molecular weight excluding hydrogens is 356 g/mol. The van der Waals surface area contributed by atoms with E-state index in [9.17, 15) is 13.2 Å². The van der Waals surface area contributed by atoms with Crippen LogP contribution in [0.15, 0.2) is 12.3 Å². The van der Waals surface area contributed by atoms with Crippen molar-refractivity contribution in [2.24, 2.45) is 0 Å². The summed E-state index contributed by atoms with van der Waals surface area (Å²) in [6, 6.07) is 1.09. The normalized spacial score (nSPS) is 10.5. The molecule has 0 aromatic carbocycles. The van der Waals surface area contributed by atoms with Crippen molar-refractivity contribution in [1.82, 2.24) is 4.98 Å². The number of rotatable bonds is 1. The van der Waals surface area contributed by atoms with Crippen molar-refractivity contribution in [2.75, 3.05) is 5.73 Å². The third-order valence-electron chi connectivity index (χ3n) is 1.35. The van der Waals surface area contributed by atoms with Crippen molar-refractivity contribution in [3.8, 4) is 16.9 Å². The predicted molar refractivity (Wildman–Crippen MR) is 63.8 cm³/mol. The second-order valence-electron chi connectivity index (χ2n) is 2.46. The Morgan fingerprint density at radius 1 is 1.50 bits per heavy atom. The van der Waals surface area contributed by atoms with Crippen LogP contribution in [0.25, 0.3) is 0 Å². The van der Waals surface area contributed by atoms with Crippen LogP contribution in [0.5, 0.6) is 5.75 Å². The number of hydrogen-bond donors (Lipinski definition) is 1. The number of anilines is 1. The monoisotopic (exact) mass is 360 g/mol. The predicted octanol–water partition coefficient (Wildman–Crippen LogP) is 2.95. The van der Waals surface area contributed by atoms with Crippen LogP contribution in [0.1, 0.15) is 5.56 Å². The van der Waals surface area contributed by atoms with E-state index in [1.807, 2.05) is 21.2 Å². The van der Waals surface area contributed by atoms with E-state index >= 15 is 0 Å². The van der Waals surface area contributed by atoms with Crippen molar-refractivity contribution in [3.63, 3.8) is 0 Å². The Labute approximate surface area is 106 Å². The molecule has 16 heavy (non-hydrogen) atoms. The third-order valence-corrected chi connectivity index (χ3v) is 2.19. The Morgan fingerprint density at radius 3 is 2.75 bits per heavy atom. The van der Waals surface area contributed by atoms with Crippen molar-refractivity contribution < 1.29 is 17.9 Å². The van der Waals surface area contributed by atoms with Gasteiger partial charge in [0.25, 0.3) is 0 Å². The maximum atomic E-state index is 11.9. The first kappa shape index (κ1) is 13.2. The number of ether oxygens (including phenoxy) is 1. The third kappa shape index (κ3) is 4.36. The zero-order chi connectivity index (χ0) is 12.2. The number of aromatic nitrogens is 1. The Kier molecular flexibility index (Phi) is 4.55. The molecule has 86 valence electrons. The molecule has 0 aliphatic rings. The molecule has 0 spiro atoms. The quantitative estimate of drug-likeness (QED) is 0.618. The zero-order valence-electron chi connectivity index (χ0n) is 7.51. The summed E-state index contributed by atoms with van der Waals surface area (Å²) in [6.45, 7) is 0. The van der Waals surface area contributed by atoms with Gasteiger partial charge in [-0.05, 0) is 14.2 Å². The molecule has 0 aliphatic carbocycles. The molecule has 1 rings (SSSR count). The second kappa shape index (κ2) is 5.49. The first-order valence-corrected chi connectivity index (χ1v) is 7.08. The minimum absolute atomic E-state index is 0.0625. The van der Waals surface area contributed by atoms with Crippen molar-refractivity contribution in [2.45, 2.75) is 6.36 Å². The highest BCUT2D eigenvalue weighted by Gasteiger charge is 2.31. The lowest BCUT2D eigenvalue weighted by molar-refractivity contribution is -0.274. The minimum atomic E-state index is -4.75. The van der Waals surface area contributed by atoms with Crippen molar-refractivity contribution in [1.29, 1.82) is 0 Å². The van der Waals surface area contributed by atoms with Gasteiger partial charge in [-0.3, -0.25) is 0 Å². The van der Waals surface area contributed by atoms with E-state index in [4.69, 9.17) is 5.73 Å². The zero-order valence-corrected chi connectivity index (χ0v) is 10.5. The summed E-state index contributed by atoms with van der Waals surface area (Å²) in [6.07, 6.45) is -3.86. The molecule has 8 heteroatoms. The second-order valence-corrected chi connectivity index (χ2v) is 4.14. The van der Waals surface area contributed by atoms with Gasteiger partial charge in [0.2, 0.25) is 0 Å². The van der Waals surface area contributed by atoms with Gasteiger partial charge in [-0.15, -0.1) is 13.2 Å². The largest absolute Gasteiger partial charge is 0.573 e. The number of nitrogens with zero attached hydrogens (tertiary/aromatic N) is 1. The lowest BCUT2D eigenvalue weighted by atomic mass is 10.2. The summed E-state index contributed by atoms with van der Waals surface area (Å²) in [5.74, 6) is 2.18. The topological polar surface area (TPSA) is 48.1 Å². The lowest BCUT2D eigenvalue weighted by Crippen LogP contribution is -2.17. The van der Waals surface area contributed by atoms with Crippen LogP contribution in [-0.2, 0) is 0 Å². The van der Waals surface area contributed by atoms with Crippen LogP contribution in [0.2, 0.25) is 0 Å². The first-order chi connectivity index (χ1) is 7.42. The average Bonchev–Trinajstić information content (AvgIpc) is 2.17. The molecule has 0 saturated carbocycles. The Morgan fingerprint density at radius 2 is 2.19 bits per heavy atom. The fraction of sp³-hybridized carbons (Fsp3) is 0.125. The van der Waals surface area contributed by atoms with Crippen molar-refractivity contribution >= 4 is 36.0 Å². The van der Waals surface area contributed by atoms with Gasteiger partial charge >= 0.3 is 6.36 Å². The lowest BCUT2D eigenvalue weighted by Gasteiger charge is -2.08. The minimum Gasteiger partial charge on any atom is -0.404 e. The van der Waals surface area contributed by atoms with E-state index in [-0.39, 0.29) is 11.4 Å². The molecule has 0 unspecified atom stereocenters. The van der Waals surface area contributed by atoms with Gasteiger partial charge in [0.1, 0.15) is 11.6 Å². The van der Waals surface area contributed by atoms with Crippen LogP contribution in [0.4, 0.5) is 19.0 Å². The van der Waals surface area contributed by atoms with Crippen molar-refractivity contribution in [3.05, 3.63) is 17.8 Å². The smallest absolute Gasteiger partial charge is 0.404 e. The maximum absolute atomic E-state index is 11.9. The number of nitrogens with two attached hydrogens (primary N) is 1. The van der Waals surface area contributed by atoms with E-state index < -0.39 is 12.1 Å². The Balaban J connectivity index is 2.98. The first-order valence-electron chi connectivity index (χ1n) is 3.72. The van der Waals surface area contributed by atoms with Gasteiger partial charge in [-0.1, -0.05) is 5.92 Å². The molecular formula is C8H4F3IN2OS. The molecule has 0 aliphatic heterocycles. The molecule has 0 amide bonds. The van der Waals surface area contributed by atoms with Crippen LogP contribution < -0.4 is 10.5 Å². The van der Waals surface area contributed by atoms with Gasteiger partial charge in [0, 0.05) is 27.3 Å². The molecule has 1 heterocycles. The molecule has 2 N–H and O–H groups in total. The summed E-state index contributed by atoms with van der Waals surface area (Å²) >= 11 is 1.93. The Bertz CT molecular complexity index is 441. The fourth-order valence-electron chi connectivity index (χ4n) is 0.820. The number of halogens is 4. The van der Waals surface area contributed by atoms with Crippen LogP contribution in [0, 0.1) is 11.2 Å². The summed E-state index contributed by atoms with van der Waals surface area (Å²) in [5, 5.41) is 2.59.